The van der Waals surface area contributed by atoms with E-state index in [1.165, 1.54) is 21.3 Å². The highest BCUT2D eigenvalue weighted by atomic mass is 16.2. The fourth-order valence-corrected chi connectivity index (χ4v) is 5.81. The number of benzene rings is 2. The quantitative estimate of drug-likeness (QED) is 0.635. The molecule has 5 nitrogen and oxygen atoms in total. The molecule has 3 aromatic rings. The van der Waals surface area contributed by atoms with Gasteiger partial charge < -0.3 is 0 Å². The molecule has 0 fully saturated rings. The predicted molar refractivity (Wildman–Crippen MR) is 112 cm³/mol. The highest BCUT2D eigenvalue weighted by Gasteiger charge is 2.62. The predicted octanol–water partition coefficient (Wildman–Crippen LogP) is 3.58. The van der Waals surface area contributed by atoms with E-state index in [9.17, 15) is 9.59 Å². The first-order valence-corrected chi connectivity index (χ1v) is 10.0. The number of allylic oxidation sites excluding steroid dienone is 4. The van der Waals surface area contributed by atoms with Gasteiger partial charge in [0.1, 0.15) is 0 Å². The lowest BCUT2D eigenvalue weighted by molar-refractivity contribution is 0.0516. The van der Waals surface area contributed by atoms with Gasteiger partial charge in [0.25, 0.3) is 0 Å². The van der Waals surface area contributed by atoms with Crippen LogP contribution >= 0.6 is 0 Å². The molecule has 4 atom stereocenters. The Balaban J connectivity index is 1.59. The maximum Gasteiger partial charge on any atom is 0.352 e. The van der Waals surface area contributed by atoms with Gasteiger partial charge in [-0.2, -0.15) is 0 Å². The molecule has 0 saturated heterocycles. The number of hydrogen-bond acceptors (Lipinski definition) is 2. The van der Waals surface area contributed by atoms with Crippen LogP contribution in [0.25, 0.3) is 11.3 Å². The minimum absolute atomic E-state index is 0.157. The fourth-order valence-electron chi connectivity index (χ4n) is 5.81. The smallest absolute Gasteiger partial charge is 0.245 e. The highest BCUT2D eigenvalue weighted by molar-refractivity contribution is 5.80. The van der Waals surface area contributed by atoms with E-state index < -0.39 is 0 Å². The first kappa shape index (κ1) is 16.6. The lowest BCUT2D eigenvalue weighted by Gasteiger charge is -2.61. The summed E-state index contributed by atoms with van der Waals surface area (Å²) in [5.41, 5.74) is 3.75. The maximum absolute atomic E-state index is 13.4. The summed E-state index contributed by atoms with van der Waals surface area (Å²) >= 11 is 0. The summed E-state index contributed by atoms with van der Waals surface area (Å²) in [5, 5.41) is 0. The van der Waals surface area contributed by atoms with Gasteiger partial charge >= 0.3 is 11.4 Å². The Labute approximate surface area is 167 Å². The van der Waals surface area contributed by atoms with Gasteiger partial charge in [0, 0.05) is 11.3 Å². The molecule has 2 aliphatic heterocycles. The third-order valence-corrected chi connectivity index (χ3v) is 7.27. The van der Waals surface area contributed by atoms with Crippen LogP contribution in [0.4, 0.5) is 0 Å². The van der Waals surface area contributed by atoms with Crippen molar-refractivity contribution >= 4 is 5.57 Å². The van der Waals surface area contributed by atoms with E-state index in [0.29, 0.717) is 5.69 Å². The molecule has 1 aromatic heterocycles. The SMILES string of the molecule is CC1=C(c2ccccc2)[C@H]2[C@H]3C=C[C@@H](n4c(=O)n(-c5ccccc5)c(=O)n43)[C@]12C. The molecule has 29 heavy (non-hydrogen) atoms. The molecule has 144 valence electrons. The summed E-state index contributed by atoms with van der Waals surface area (Å²) in [6.07, 6.45) is 4.23. The van der Waals surface area contributed by atoms with E-state index in [0.717, 1.165) is 0 Å². The Hall–Kier alpha value is -3.34. The number of rotatable bonds is 2. The van der Waals surface area contributed by atoms with Crippen LogP contribution in [-0.2, 0) is 0 Å². The zero-order valence-electron chi connectivity index (χ0n) is 16.3. The van der Waals surface area contributed by atoms with E-state index in [2.05, 4.69) is 50.3 Å². The third kappa shape index (κ3) is 1.81. The van der Waals surface area contributed by atoms with Gasteiger partial charge in [-0.05, 0) is 30.2 Å². The first-order chi connectivity index (χ1) is 14.0. The van der Waals surface area contributed by atoms with Crippen molar-refractivity contribution in [1.29, 1.82) is 0 Å². The average Bonchev–Trinajstić information content (AvgIpc) is 3.03. The van der Waals surface area contributed by atoms with E-state index >= 15 is 0 Å². The molecular weight excluding hydrogens is 362 g/mol. The summed E-state index contributed by atoms with van der Waals surface area (Å²) in [6, 6.07) is 19.3. The van der Waals surface area contributed by atoms with E-state index in [4.69, 9.17) is 0 Å². The first-order valence-electron chi connectivity index (χ1n) is 10.0. The Morgan fingerprint density at radius 2 is 1.45 bits per heavy atom. The Morgan fingerprint density at radius 1 is 0.828 bits per heavy atom. The Kier molecular flexibility index (Phi) is 3.08. The van der Waals surface area contributed by atoms with Crippen molar-refractivity contribution < 1.29 is 0 Å². The van der Waals surface area contributed by atoms with Crippen LogP contribution in [0.3, 0.4) is 0 Å². The number of nitrogens with zero attached hydrogens (tertiary/aromatic N) is 3. The van der Waals surface area contributed by atoms with Crippen LogP contribution in [0.5, 0.6) is 0 Å². The van der Waals surface area contributed by atoms with Crippen LogP contribution in [-0.4, -0.2) is 13.9 Å². The van der Waals surface area contributed by atoms with Gasteiger partial charge in [0.15, 0.2) is 0 Å². The number of aromatic nitrogens is 3. The lowest BCUT2D eigenvalue weighted by Crippen LogP contribution is -2.59. The molecule has 2 aromatic carbocycles. The van der Waals surface area contributed by atoms with Gasteiger partial charge in [-0.25, -0.2) is 23.5 Å². The standard InChI is InChI=1S/C24H21N3O2/c1-15-20(16-9-5-3-6-10-16)21-18-13-14-19(24(15,21)2)27-23(29)25(22(28)26(18)27)17-11-7-4-8-12-17/h3-14,18-19,21H,1-2H3/t18-,19-,21-,24+/m1/s1. The van der Waals surface area contributed by atoms with Crippen molar-refractivity contribution in [2.24, 2.45) is 11.3 Å². The third-order valence-electron chi connectivity index (χ3n) is 7.27. The zero-order chi connectivity index (χ0) is 19.9. The normalized spacial score (nSPS) is 28.8. The molecule has 3 heterocycles. The van der Waals surface area contributed by atoms with Gasteiger partial charge in [-0.15, -0.1) is 0 Å². The van der Waals surface area contributed by atoms with Crippen molar-refractivity contribution in [3.05, 3.63) is 105 Å². The molecular formula is C24H21N3O2. The largest absolute Gasteiger partial charge is 0.352 e. The molecule has 0 spiro atoms. The molecule has 5 heteroatoms. The van der Waals surface area contributed by atoms with Gasteiger partial charge in [-0.1, -0.05) is 73.2 Å². The second-order valence-electron chi connectivity index (χ2n) is 8.41. The molecule has 0 N–H and O–H groups in total. The van der Waals surface area contributed by atoms with Crippen molar-refractivity contribution in [3.8, 4) is 5.69 Å². The molecule has 0 radical (unpaired) electrons. The van der Waals surface area contributed by atoms with E-state index in [1.54, 1.807) is 21.5 Å². The second-order valence-corrected chi connectivity index (χ2v) is 8.41. The second kappa shape index (κ2) is 5.38. The molecule has 0 amide bonds. The summed E-state index contributed by atoms with van der Waals surface area (Å²) in [5.74, 6) is 0.184. The summed E-state index contributed by atoms with van der Waals surface area (Å²) in [7, 11) is 0. The lowest BCUT2D eigenvalue weighted by atomic mass is 9.48. The Morgan fingerprint density at radius 3 is 2.14 bits per heavy atom. The van der Waals surface area contributed by atoms with Crippen molar-refractivity contribution in [2.75, 3.05) is 0 Å². The molecule has 0 unspecified atom stereocenters. The summed E-state index contributed by atoms with van der Waals surface area (Å²) in [4.78, 5) is 26.7. The molecule has 7 rings (SSSR count). The van der Waals surface area contributed by atoms with Gasteiger partial charge in [0.2, 0.25) is 0 Å². The van der Waals surface area contributed by atoms with Crippen LogP contribution < -0.4 is 11.4 Å². The van der Waals surface area contributed by atoms with Crippen LogP contribution in [0.15, 0.2) is 88.0 Å². The number of para-hydroxylation sites is 1. The van der Waals surface area contributed by atoms with Gasteiger partial charge in [-0.3, -0.25) is 0 Å². The van der Waals surface area contributed by atoms with E-state index in [-0.39, 0.29) is 34.8 Å². The van der Waals surface area contributed by atoms with Crippen molar-refractivity contribution in [2.45, 2.75) is 25.9 Å². The average molecular weight is 383 g/mol. The zero-order valence-corrected chi connectivity index (χ0v) is 16.3. The minimum Gasteiger partial charge on any atom is -0.245 e. The van der Waals surface area contributed by atoms with Crippen LogP contribution in [0.1, 0.15) is 31.5 Å². The molecule has 2 bridgehead atoms. The van der Waals surface area contributed by atoms with Gasteiger partial charge in [0.05, 0.1) is 17.8 Å². The molecule has 4 aliphatic rings. The topological polar surface area (TPSA) is 48.9 Å². The summed E-state index contributed by atoms with van der Waals surface area (Å²) in [6.45, 7) is 4.41. The minimum atomic E-state index is -0.264. The van der Waals surface area contributed by atoms with Crippen molar-refractivity contribution in [3.63, 3.8) is 0 Å². The molecule has 2 aliphatic carbocycles. The highest BCUT2D eigenvalue weighted by Crippen LogP contribution is 2.68. The van der Waals surface area contributed by atoms with Crippen LogP contribution in [0.2, 0.25) is 0 Å². The summed E-state index contributed by atoms with van der Waals surface area (Å²) < 4.78 is 4.67. The maximum atomic E-state index is 13.4. The molecule has 0 saturated carbocycles. The Bertz CT molecular complexity index is 1320. The van der Waals surface area contributed by atoms with E-state index in [1.807, 2.05) is 24.3 Å². The number of hydrogen-bond donors (Lipinski definition) is 0. The van der Waals surface area contributed by atoms with Crippen molar-refractivity contribution in [1.82, 2.24) is 13.9 Å². The fraction of sp³-hybridized carbons (Fsp3) is 0.250. The monoisotopic (exact) mass is 383 g/mol. The van der Waals surface area contributed by atoms with Crippen LogP contribution in [0, 0.1) is 11.3 Å².